The summed E-state index contributed by atoms with van der Waals surface area (Å²) in [6, 6.07) is 0. The van der Waals surface area contributed by atoms with Gasteiger partial charge in [-0.2, -0.15) is 0 Å². The number of aliphatic carboxylic acids is 1. The van der Waals surface area contributed by atoms with Crippen molar-refractivity contribution in [2.24, 2.45) is 5.73 Å². The lowest BCUT2D eigenvalue weighted by atomic mass is 10.2. The Morgan fingerprint density at radius 3 is 3.11 bits per heavy atom. The summed E-state index contributed by atoms with van der Waals surface area (Å²) < 4.78 is 6.28. The van der Waals surface area contributed by atoms with Crippen LogP contribution < -0.4 is 5.73 Å². The van der Waals surface area contributed by atoms with Gasteiger partial charge in [-0.1, -0.05) is 0 Å². The number of nitrogens with two attached hydrogens (primary N) is 1. The molecule has 0 bridgehead atoms. The van der Waals surface area contributed by atoms with Crippen LogP contribution in [0.3, 0.4) is 0 Å². The van der Waals surface area contributed by atoms with Gasteiger partial charge in [-0.15, -0.1) is 9.24 Å². The molecule has 0 rings (SSSR count). The summed E-state index contributed by atoms with van der Waals surface area (Å²) in [7, 11) is 2.32. The first-order valence-electron chi connectivity index (χ1n) is 3.26. The van der Waals surface area contributed by atoms with Crippen molar-refractivity contribution < 1.29 is 9.90 Å². The van der Waals surface area contributed by atoms with Crippen LogP contribution in [-0.2, 0) is 4.79 Å². The van der Waals surface area contributed by atoms with E-state index >= 15 is 0 Å². The highest BCUT2D eigenvalue weighted by atomic mass is 31.0. The predicted octanol–water partition coefficient (Wildman–Crippen LogP) is 0.0536. The summed E-state index contributed by atoms with van der Waals surface area (Å²) in [5.74, 6) is -0.515. The van der Waals surface area contributed by atoms with Crippen molar-refractivity contribution in [3.8, 4) is 0 Å². The highest BCUT2D eigenvalue weighted by Crippen LogP contribution is 2.06. The number of carboxylic acids is 1. The zero-order valence-electron chi connectivity index (χ0n) is 6.17. The second-order valence-corrected chi connectivity index (χ2v) is 2.66. The van der Waals surface area contributed by atoms with Gasteiger partial charge in [0.15, 0.2) is 0 Å². The van der Waals surface area contributed by atoms with Crippen LogP contribution in [-0.4, -0.2) is 23.3 Å². The van der Waals surface area contributed by atoms with Gasteiger partial charge in [-0.05, 0) is 19.4 Å². The van der Waals surface area contributed by atoms with Crippen LogP contribution >= 0.6 is 9.24 Å². The van der Waals surface area contributed by atoms with Crippen molar-refractivity contribution in [2.45, 2.75) is 18.5 Å². The standard InChI is InChI=1S/C5H12NO2P/c6-3-1-2-4(9)5(7)8/h4H,1-3,6,9H2,(H,7,8)/i/hD. The maximum absolute atomic E-state index is 10.5. The molecule has 0 aromatic rings. The topological polar surface area (TPSA) is 63.3 Å². The molecule has 54 valence electrons. The third-order valence-corrected chi connectivity index (χ3v) is 1.63. The Bertz CT molecular complexity index is 112. The van der Waals surface area contributed by atoms with Gasteiger partial charge in [0.25, 0.3) is 1.43 Å². The van der Waals surface area contributed by atoms with Gasteiger partial charge < -0.3 is 10.8 Å². The Balaban J connectivity index is 3.41. The first kappa shape index (κ1) is 6.97. The second kappa shape index (κ2) is 4.71. The predicted molar refractivity (Wildman–Crippen MR) is 39.4 cm³/mol. The van der Waals surface area contributed by atoms with Crippen molar-refractivity contribution in [3.05, 3.63) is 0 Å². The van der Waals surface area contributed by atoms with E-state index in [9.17, 15) is 4.79 Å². The highest BCUT2D eigenvalue weighted by Gasteiger charge is 2.08. The largest absolute Gasteiger partial charge is 0.481 e. The summed E-state index contributed by atoms with van der Waals surface area (Å²) in [6.07, 6.45) is 1.45. The summed E-state index contributed by atoms with van der Waals surface area (Å²) in [4.78, 5) is 10.5. The van der Waals surface area contributed by atoms with Crippen LogP contribution in [0.1, 0.15) is 12.8 Å². The smallest absolute Gasteiger partial charge is 0.310 e. The van der Waals surface area contributed by atoms with Crippen molar-refractivity contribution in [3.63, 3.8) is 0 Å². The monoisotopic (exact) mass is 150 g/mol. The molecule has 0 aromatic heterocycles. The van der Waals surface area contributed by atoms with E-state index in [2.05, 4.69) is 14.3 Å². The van der Waals surface area contributed by atoms with Crippen LogP contribution in [0.4, 0.5) is 0 Å². The molecule has 0 aliphatic carbocycles. The molecule has 0 radical (unpaired) electrons. The molecule has 9 heavy (non-hydrogen) atoms. The fourth-order valence-electron chi connectivity index (χ4n) is 0.456. The molecule has 3 nitrogen and oxygen atoms in total. The molecule has 0 saturated carbocycles. The molecule has 3 N–H and O–H groups in total. The molecule has 0 aromatic carbocycles. The summed E-state index contributed by atoms with van der Waals surface area (Å²) in [6.45, 7) is 0.566. The molecule has 0 amide bonds. The van der Waals surface area contributed by atoms with E-state index in [0.29, 0.717) is 13.0 Å². The molecule has 4 heteroatoms. The van der Waals surface area contributed by atoms with Crippen LogP contribution in [0, 0.1) is 0 Å². The molecule has 0 saturated heterocycles. The van der Waals surface area contributed by atoms with Crippen LogP contribution in [0.2, 0.25) is 0 Å². The SMILES string of the molecule is [2H]OC(=O)C(P)CCCN. The number of carbonyl (C=O) groups is 1. The van der Waals surface area contributed by atoms with Gasteiger partial charge in [0.1, 0.15) is 0 Å². The van der Waals surface area contributed by atoms with E-state index in [0.717, 1.165) is 6.42 Å². The third kappa shape index (κ3) is 4.37. The van der Waals surface area contributed by atoms with Crippen LogP contribution in [0.15, 0.2) is 0 Å². The Kier molecular flexibility index (Phi) is 3.65. The molecule has 0 aliphatic rings. The lowest BCUT2D eigenvalue weighted by Crippen LogP contribution is -2.14. The van der Waals surface area contributed by atoms with E-state index in [1.165, 1.54) is 0 Å². The van der Waals surface area contributed by atoms with E-state index in [-0.39, 0.29) is 5.66 Å². The van der Waals surface area contributed by atoms with Gasteiger partial charge in [-0.3, -0.25) is 4.79 Å². The minimum absolute atomic E-state index is 0.277. The van der Waals surface area contributed by atoms with Gasteiger partial charge in [-0.25, -0.2) is 0 Å². The zero-order valence-corrected chi connectivity index (χ0v) is 6.32. The number of hydrogen-bond acceptors (Lipinski definition) is 3. The highest BCUT2D eigenvalue weighted by molar-refractivity contribution is 7.19. The number of carboxylic acid groups (broad SMARTS) is 1. The van der Waals surface area contributed by atoms with Crippen molar-refractivity contribution in [1.29, 1.82) is 1.43 Å². The van der Waals surface area contributed by atoms with Gasteiger partial charge >= 0.3 is 5.97 Å². The average Bonchev–Trinajstić information content (AvgIpc) is 1.98. The average molecular weight is 150 g/mol. The molecule has 2 unspecified atom stereocenters. The molecular weight excluding hydrogens is 137 g/mol. The fraction of sp³-hybridized carbons (Fsp3) is 0.800. The molecule has 0 aliphatic heterocycles. The van der Waals surface area contributed by atoms with Crippen molar-refractivity contribution in [2.75, 3.05) is 6.54 Å². The molecule has 0 spiro atoms. The van der Waals surface area contributed by atoms with E-state index in [1.54, 1.807) is 0 Å². The van der Waals surface area contributed by atoms with E-state index in [4.69, 9.17) is 7.16 Å². The molecule has 2 atom stereocenters. The van der Waals surface area contributed by atoms with Gasteiger partial charge in [0, 0.05) is 0 Å². The van der Waals surface area contributed by atoms with Crippen molar-refractivity contribution in [1.82, 2.24) is 0 Å². The lowest BCUT2D eigenvalue weighted by molar-refractivity contribution is -0.136. The molecule has 0 heterocycles. The van der Waals surface area contributed by atoms with E-state index in [1.807, 2.05) is 0 Å². The Morgan fingerprint density at radius 2 is 2.67 bits per heavy atom. The maximum atomic E-state index is 10.5. The van der Waals surface area contributed by atoms with Gasteiger partial charge in [0.05, 0.1) is 5.66 Å². The number of hydrogen-bond donors (Lipinski definition) is 2. The summed E-state index contributed by atoms with van der Waals surface area (Å²) in [5, 5.41) is 3.76. The first-order chi connectivity index (χ1) is 4.72. The Labute approximate surface area is 58.3 Å². The quantitative estimate of drug-likeness (QED) is 0.557. The fourth-order valence-corrected chi connectivity index (χ4v) is 0.691. The lowest BCUT2D eigenvalue weighted by Gasteiger charge is -2.01. The minimum atomic E-state index is -0.515. The normalized spacial score (nSPS) is 14.2. The minimum Gasteiger partial charge on any atom is -0.481 e. The molecule has 0 fully saturated rings. The summed E-state index contributed by atoms with van der Waals surface area (Å²) >= 11 is 0. The third-order valence-electron chi connectivity index (χ3n) is 1.02. The van der Waals surface area contributed by atoms with Gasteiger partial charge in [0.2, 0.25) is 0 Å². The zero-order chi connectivity index (χ0) is 7.98. The second-order valence-electron chi connectivity index (χ2n) is 1.86. The Morgan fingerprint density at radius 1 is 2.00 bits per heavy atom. The van der Waals surface area contributed by atoms with Crippen molar-refractivity contribution >= 4 is 15.2 Å². The Hall–Kier alpha value is -0.140. The summed E-state index contributed by atoms with van der Waals surface area (Å²) in [5.41, 5.74) is 4.93. The van der Waals surface area contributed by atoms with Crippen LogP contribution in [0.25, 0.3) is 1.43 Å². The van der Waals surface area contributed by atoms with E-state index < -0.39 is 5.97 Å². The number of rotatable bonds is 4. The maximum Gasteiger partial charge on any atom is 0.310 e. The van der Waals surface area contributed by atoms with Crippen LogP contribution in [0.5, 0.6) is 0 Å². The molecular formula is C5H12NO2P. The first-order valence-corrected chi connectivity index (χ1v) is 3.51.